The molecule has 1 fully saturated rings. The van der Waals surface area contributed by atoms with Crippen molar-refractivity contribution in [3.8, 4) is 0 Å². The Morgan fingerprint density at radius 2 is 1.72 bits per heavy atom. The average Bonchev–Trinajstić information content (AvgIpc) is 2.34. The van der Waals surface area contributed by atoms with Crippen molar-refractivity contribution < 1.29 is 19.8 Å². The van der Waals surface area contributed by atoms with Crippen LogP contribution in [0, 0.1) is 0 Å². The molecule has 4 nitrogen and oxygen atoms in total. The molecule has 1 saturated carbocycles. The van der Waals surface area contributed by atoms with Gasteiger partial charge in [0.15, 0.2) is 0 Å². The fraction of sp³-hybridized carbons (Fsp3) is 0.429. The third-order valence-corrected chi connectivity index (χ3v) is 3.47. The molecule has 4 heteroatoms. The predicted octanol–water partition coefficient (Wildman–Crippen LogP) is 1.80. The van der Waals surface area contributed by atoms with Gasteiger partial charge in [-0.3, -0.25) is 4.79 Å². The van der Waals surface area contributed by atoms with E-state index in [1.807, 2.05) is 0 Å². The van der Waals surface area contributed by atoms with Gasteiger partial charge >= 0.3 is 5.97 Å². The zero-order valence-electron chi connectivity index (χ0n) is 10.1. The summed E-state index contributed by atoms with van der Waals surface area (Å²) < 4.78 is 0. The molecule has 0 aromatic heterocycles. The Kier molecular flexibility index (Phi) is 3.48. The van der Waals surface area contributed by atoms with Gasteiger partial charge in [0.25, 0.3) is 0 Å². The quantitative estimate of drug-likeness (QED) is 0.855. The van der Waals surface area contributed by atoms with Crippen LogP contribution in [0.1, 0.15) is 41.6 Å². The smallest absolute Gasteiger partial charge is 0.335 e. The molecule has 0 aliphatic heterocycles. The van der Waals surface area contributed by atoms with Gasteiger partial charge < -0.3 is 10.2 Å². The highest BCUT2D eigenvalue weighted by molar-refractivity contribution is 5.87. The van der Waals surface area contributed by atoms with E-state index in [0.717, 1.165) is 5.56 Å². The summed E-state index contributed by atoms with van der Waals surface area (Å²) >= 11 is 0. The number of rotatable bonds is 3. The molecule has 2 rings (SSSR count). The van der Waals surface area contributed by atoms with E-state index >= 15 is 0 Å². The Balaban J connectivity index is 2.04. The molecule has 0 unspecified atom stereocenters. The number of hydrogen-bond acceptors (Lipinski definition) is 3. The van der Waals surface area contributed by atoms with Gasteiger partial charge in [0.1, 0.15) is 5.78 Å². The lowest BCUT2D eigenvalue weighted by Crippen LogP contribution is -2.36. The van der Waals surface area contributed by atoms with Crippen molar-refractivity contribution >= 4 is 11.8 Å². The largest absolute Gasteiger partial charge is 0.478 e. The molecule has 2 N–H and O–H groups in total. The molecule has 0 radical (unpaired) electrons. The number of carbonyl (C=O) groups is 2. The van der Waals surface area contributed by atoms with Crippen molar-refractivity contribution in [1.29, 1.82) is 0 Å². The van der Waals surface area contributed by atoms with Crippen molar-refractivity contribution in [1.82, 2.24) is 0 Å². The summed E-state index contributed by atoms with van der Waals surface area (Å²) in [6.45, 7) is 0. The summed E-state index contributed by atoms with van der Waals surface area (Å²) in [5.74, 6) is -0.746. The molecule has 0 bridgehead atoms. The highest BCUT2D eigenvalue weighted by Gasteiger charge is 2.32. The molecule has 1 aromatic carbocycles. The molecule has 0 spiro atoms. The van der Waals surface area contributed by atoms with Crippen LogP contribution in [0.25, 0.3) is 0 Å². The second-order valence-corrected chi connectivity index (χ2v) is 4.94. The highest BCUT2D eigenvalue weighted by atomic mass is 16.4. The topological polar surface area (TPSA) is 74.6 Å². The number of carbonyl (C=O) groups excluding carboxylic acids is 1. The van der Waals surface area contributed by atoms with Gasteiger partial charge in [-0.2, -0.15) is 0 Å². The molecule has 96 valence electrons. The zero-order chi connectivity index (χ0) is 13.2. The molecular weight excluding hydrogens is 232 g/mol. The van der Waals surface area contributed by atoms with E-state index in [4.69, 9.17) is 5.11 Å². The fourth-order valence-corrected chi connectivity index (χ4v) is 2.32. The molecule has 18 heavy (non-hydrogen) atoms. The van der Waals surface area contributed by atoms with Crippen molar-refractivity contribution in [3.05, 3.63) is 35.4 Å². The first-order valence-corrected chi connectivity index (χ1v) is 6.05. The van der Waals surface area contributed by atoms with E-state index in [1.165, 1.54) is 12.1 Å². The zero-order valence-corrected chi connectivity index (χ0v) is 10.1. The lowest BCUT2D eigenvalue weighted by Gasteiger charge is -2.31. The van der Waals surface area contributed by atoms with Crippen LogP contribution in [-0.2, 0) is 11.2 Å². The number of carboxylic acid groups (broad SMARTS) is 1. The maximum Gasteiger partial charge on any atom is 0.335 e. The normalized spacial score (nSPS) is 18.6. The number of aliphatic hydroxyl groups is 1. The van der Waals surface area contributed by atoms with Crippen LogP contribution in [0.3, 0.4) is 0 Å². The number of hydrogen-bond donors (Lipinski definition) is 2. The van der Waals surface area contributed by atoms with E-state index in [9.17, 15) is 14.7 Å². The maximum atomic E-state index is 11.1. The van der Waals surface area contributed by atoms with Crippen LogP contribution in [0.15, 0.2) is 24.3 Å². The number of carboxylic acids is 1. The second kappa shape index (κ2) is 4.90. The first kappa shape index (κ1) is 12.8. The highest BCUT2D eigenvalue weighted by Crippen LogP contribution is 2.29. The summed E-state index contributed by atoms with van der Waals surface area (Å²) in [4.78, 5) is 21.9. The van der Waals surface area contributed by atoms with Gasteiger partial charge in [-0.1, -0.05) is 12.1 Å². The Hall–Kier alpha value is -1.68. The Morgan fingerprint density at radius 1 is 1.17 bits per heavy atom. The second-order valence-electron chi connectivity index (χ2n) is 4.94. The van der Waals surface area contributed by atoms with Crippen molar-refractivity contribution in [2.75, 3.05) is 0 Å². The number of aromatic carboxylic acids is 1. The molecule has 0 atom stereocenters. The minimum Gasteiger partial charge on any atom is -0.478 e. The van der Waals surface area contributed by atoms with E-state index in [0.29, 0.717) is 32.1 Å². The first-order valence-electron chi connectivity index (χ1n) is 6.05. The molecule has 1 aromatic rings. The SMILES string of the molecule is O=C1CCC(O)(Cc2ccc(C(=O)O)cc2)CC1. The van der Waals surface area contributed by atoms with Crippen molar-refractivity contribution in [2.24, 2.45) is 0 Å². The summed E-state index contributed by atoms with van der Waals surface area (Å²) in [5.41, 5.74) is 0.319. The Labute approximate surface area is 105 Å². The van der Waals surface area contributed by atoms with Crippen LogP contribution < -0.4 is 0 Å². The fourth-order valence-electron chi connectivity index (χ4n) is 2.32. The van der Waals surface area contributed by atoms with Gasteiger partial charge in [0.2, 0.25) is 0 Å². The lowest BCUT2D eigenvalue weighted by molar-refractivity contribution is -0.125. The minimum atomic E-state index is -0.955. The van der Waals surface area contributed by atoms with Gasteiger partial charge in [0, 0.05) is 19.3 Å². The predicted molar refractivity (Wildman–Crippen MR) is 65.5 cm³/mol. The van der Waals surface area contributed by atoms with Crippen LogP contribution in [0.2, 0.25) is 0 Å². The number of benzene rings is 1. The molecule has 0 amide bonds. The third kappa shape index (κ3) is 2.96. The minimum absolute atomic E-state index is 0.209. The molecule has 0 heterocycles. The van der Waals surface area contributed by atoms with E-state index < -0.39 is 11.6 Å². The first-order chi connectivity index (χ1) is 8.48. The van der Waals surface area contributed by atoms with Gasteiger partial charge in [-0.15, -0.1) is 0 Å². The van der Waals surface area contributed by atoms with Crippen LogP contribution in [-0.4, -0.2) is 27.6 Å². The van der Waals surface area contributed by atoms with Crippen LogP contribution in [0.4, 0.5) is 0 Å². The average molecular weight is 248 g/mol. The lowest BCUT2D eigenvalue weighted by atomic mass is 9.80. The van der Waals surface area contributed by atoms with Gasteiger partial charge in [-0.05, 0) is 30.5 Å². The van der Waals surface area contributed by atoms with Crippen LogP contribution in [0.5, 0.6) is 0 Å². The standard InChI is InChI=1S/C14H16O4/c15-12-5-7-14(18,8-6-12)9-10-1-3-11(4-2-10)13(16)17/h1-4,18H,5-9H2,(H,16,17). The summed E-state index contributed by atoms with van der Waals surface area (Å²) in [7, 11) is 0. The summed E-state index contributed by atoms with van der Waals surface area (Å²) in [6.07, 6.45) is 2.33. The van der Waals surface area contributed by atoms with E-state index in [1.54, 1.807) is 12.1 Å². The number of ketones is 1. The van der Waals surface area contributed by atoms with Gasteiger partial charge in [0.05, 0.1) is 11.2 Å². The summed E-state index contributed by atoms with van der Waals surface area (Å²) in [6, 6.07) is 6.51. The molecule has 1 aliphatic rings. The van der Waals surface area contributed by atoms with Crippen LogP contribution >= 0.6 is 0 Å². The molecule has 1 aliphatic carbocycles. The Bertz CT molecular complexity index is 451. The van der Waals surface area contributed by atoms with E-state index in [-0.39, 0.29) is 11.3 Å². The van der Waals surface area contributed by atoms with E-state index in [2.05, 4.69) is 0 Å². The molecule has 0 saturated heterocycles. The summed E-state index contributed by atoms with van der Waals surface area (Å²) in [5, 5.41) is 19.1. The monoisotopic (exact) mass is 248 g/mol. The maximum absolute atomic E-state index is 11.1. The van der Waals surface area contributed by atoms with Crippen molar-refractivity contribution in [2.45, 2.75) is 37.7 Å². The number of Topliss-reactive ketones (excluding diaryl/α,β-unsaturated/α-hetero) is 1. The van der Waals surface area contributed by atoms with Crippen molar-refractivity contribution in [3.63, 3.8) is 0 Å². The van der Waals surface area contributed by atoms with Gasteiger partial charge in [-0.25, -0.2) is 4.79 Å². The molecular formula is C14H16O4. The third-order valence-electron chi connectivity index (χ3n) is 3.47. The Morgan fingerprint density at radius 3 is 2.22 bits per heavy atom.